The van der Waals surface area contributed by atoms with E-state index < -0.39 is 12.0 Å². The summed E-state index contributed by atoms with van der Waals surface area (Å²) in [5, 5.41) is 2.76. The summed E-state index contributed by atoms with van der Waals surface area (Å²) in [6, 6.07) is 14.7. The van der Waals surface area contributed by atoms with Crippen LogP contribution in [0.5, 0.6) is 0 Å². The summed E-state index contributed by atoms with van der Waals surface area (Å²) in [6.07, 6.45) is -0.0517. The zero-order chi connectivity index (χ0) is 21.4. The van der Waals surface area contributed by atoms with E-state index in [1.807, 2.05) is 55.5 Å². The molecule has 2 aromatic carbocycles. The van der Waals surface area contributed by atoms with Crippen LogP contribution in [-0.4, -0.2) is 36.3 Å². The molecule has 0 heterocycles. The largest absolute Gasteiger partial charge is 0.455 e. The maximum absolute atomic E-state index is 12.3. The number of carbonyl (C=O) groups is 3. The highest BCUT2D eigenvalue weighted by Crippen LogP contribution is 2.19. The first-order valence-corrected chi connectivity index (χ1v) is 10.0. The fourth-order valence-electron chi connectivity index (χ4n) is 2.74. The van der Waals surface area contributed by atoms with Gasteiger partial charge in [-0.05, 0) is 24.1 Å². The van der Waals surface area contributed by atoms with Crippen LogP contribution in [0, 0.1) is 6.92 Å². The molecule has 0 aromatic heterocycles. The molecule has 0 aliphatic heterocycles. The highest BCUT2D eigenvalue weighted by molar-refractivity contribution is 9.10. The zero-order valence-corrected chi connectivity index (χ0v) is 18.4. The molecule has 0 aliphatic carbocycles. The Morgan fingerprint density at radius 3 is 2.38 bits per heavy atom. The van der Waals surface area contributed by atoms with E-state index in [9.17, 15) is 14.4 Å². The lowest BCUT2D eigenvalue weighted by molar-refractivity contribution is -0.152. The summed E-state index contributed by atoms with van der Waals surface area (Å²) in [6.45, 7) is 3.41. The molecule has 0 saturated heterocycles. The Bertz CT molecular complexity index is 867. The molecule has 29 heavy (non-hydrogen) atoms. The van der Waals surface area contributed by atoms with Gasteiger partial charge in [-0.3, -0.25) is 14.4 Å². The number of esters is 1. The predicted octanol–water partition coefficient (Wildman–Crippen LogP) is 3.53. The number of carbonyl (C=O) groups excluding carboxylic acids is 3. The van der Waals surface area contributed by atoms with Gasteiger partial charge in [0.2, 0.25) is 5.91 Å². The molecule has 0 radical (unpaired) electrons. The Hall–Kier alpha value is -2.67. The van der Waals surface area contributed by atoms with Crippen molar-refractivity contribution in [1.29, 1.82) is 0 Å². The van der Waals surface area contributed by atoms with Crippen LogP contribution in [0.3, 0.4) is 0 Å². The Labute approximate surface area is 179 Å². The molecule has 2 aromatic rings. The maximum Gasteiger partial charge on any atom is 0.308 e. The van der Waals surface area contributed by atoms with Crippen LogP contribution in [0.2, 0.25) is 0 Å². The molecule has 0 fully saturated rings. The number of hydrogen-bond donors (Lipinski definition) is 1. The lowest BCUT2D eigenvalue weighted by Crippen LogP contribution is -2.32. The van der Waals surface area contributed by atoms with E-state index >= 15 is 0 Å². The smallest absolute Gasteiger partial charge is 0.308 e. The molecule has 1 atom stereocenters. The van der Waals surface area contributed by atoms with Gasteiger partial charge >= 0.3 is 5.97 Å². The number of nitrogens with one attached hydrogen (secondary N) is 1. The monoisotopic (exact) mass is 460 g/mol. The minimum atomic E-state index is -0.549. The molecule has 6 nitrogen and oxygen atoms in total. The van der Waals surface area contributed by atoms with E-state index in [0.29, 0.717) is 6.54 Å². The van der Waals surface area contributed by atoms with E-state index in [1.165, 1.54) is 11.8 Å². The topological polar surface area (TPSA) is 75.7 Å². The van der Waals surface area contributed by atoms with Gasteiger partial charge in [0, 0.05) is 25.0 Å². The van der Waals surface area contributed by atoms with Gasteiger partial charge in [-0.25, -0.2) is 0 Å². The highest BCUT2D eigenvalue weighted by Gasteiger charge is 2.20. The third kappa shape index (κ3) is 7.34. The third-order valence-electron chi connectivity index (χ3n) is 4.38. The average molecular weight is 461 g/mol. The lowest BCUT2D eigenvalue weighted by atomic mass is 10.0. The van der Waals surface area contributed by atoms with Gasteiger partial charge < -0.3 is 15.0 Å². The van der Waals surface area contributed by atoms with Crippen LogP contribution in [-0.2, 0) is 25.7 Å². The standard InChI is InChI=1S/C22H25BrN2O4/c1-15-8-10-17(11-9-15)20(24-16(2)26)12-22(28)29-14-21(27)25(3)13-18-6-4-5-7-19(18)23/h4-11,20H,12-14H2,1-3H3,(H,24,26). The van der Waals surface area contributed by atoms with Crippen molar-refractivity contribution >= 4 is 33.7 Å². The van der Waals surface area contributed by atoms with Gasteiger partial charge in [0.25, 0.3) is 5.91 Å². The molecule has 0 bridgehead atoms. The van der Waals surface area contributed by atoms with E-state index in [4.69, 9.17) is 4.74 Å². The number of benzene rings is 2. The summed E-state index contributed by atoms with van der Waals surface area (Å²) >= 11 is 3.45. The fourth-order valence-corrected chi connectivity index (χ4v) is 3.15. The molecule has 2 rings (SSSR count). The van der Waals surface area contributed by atoms with Crippen LogP contribution in [0.1, 0.15) is 36.1 Å². The molecular weight excluding hydrogens is 436 g/mol. The Kier molecular flexibility index (Phi) is 8.39. The van der Waals surface area contributed by atoms with E-state index in [0.717, 1.165) is 21.2 Å². The van der Waals surface area contributed by atoms with Crippen molar-refractivity contribution < 1.29 is 19.1 Å². The van der Waals surface area contributed by atoms with Crippen molar-refractivity contribution in [2.24, 2.45) is 0 Å². The van der Waals surface area contributed by atoms with Crippen LogP contribution >= 0.6 is 15.9 Å². The number of likely N-dealkylation sites (N-methyl/N-ethyl adjacent to an activating group) is 1. The van der Waals surface area contributed by atoms with Crippen LogP contribution in [0.4, 0.5) is 0 Å². The number of amides is 2. The summed E-state index contributed by atoms with van der Waals surface area (Å²) in [7, 11) is 1.65. The predicted molar refractivity (Wildman–Crippen MR) is 114 cm³/mol. The van der Waals surface area contributed by atoms with Crippen LogP contribution in [0.15, 0.2) is 53.0 Å². The van der Waals surface area contributed by atoms with E-state index in [2.05, 4.69) is 21.2 Å². The second-order valence-electron chi connectivity index (χ2n) is 6.87. The molecule has 0 aliphatic rings. The van der Waals surface area contributed by atoms with Crippen molar-refractivity contribution in [3.05, 3.63) is 69.7 Å². The molecule has 0 spiro atoms. The molecular formula is C22H25BrN2O4. The van der Waals surface area contributed by atoms with Gasteiger partial charge in [0.1, 0.15) is 0 Å². The molecule has 1 unspecified atom stereocenters. The van der Waals surface area contributed by atoms with E-state index in [1.54, 1.807) is 7.05 Å². The summed E-state index contributed by atoms with van der Waals surface area (Å²) in [5.41, 5.74) is 2.84. The summed E-state index contributed by atoms with van der Waals surface area (Å²) in [4.78, 5) is 37.6. The van der Waals surface area contributed by atoms with Gasteiger partial charge in [0.15, 0.2) is 6.61 Å². The molecule has 2 amide bonds. The molecule has 154 valence electrons. The Morgan fingerprint density at radius 2 is 1.76 bits per heavy atom. The second kappa shape index (κ2) is 10.8. The Balaban J connectivity index is 1.90. The minimum Gasteiger partial charge on any atom is -0.455 e. The summed E-state index contributed by atoms with van der Waals surface area (Å²) < 4.78 is 6.07. The second-order valence-corrected chi connectivity index (χ2v) is 7.72. The first kappa shape index (κ1) is 22.6. The Morgan fingerprint density at radius 1 is 1.10 bits per heavy atom. The number of rotatable bonds is 8. The van der Waals surface area contributed by atoms with Gasteiger partial charge in [-0.2, -0.15) is 0 Å². The van der Waals surface area contributed by atoms with E-state index in [-0.39, 0.29) is 24.8 Å². The third-order valence-corrected chi connectivity index (χ3v) is 5.15. The van der Waals surface area contributed by atoms with Crippen molar-refractivity contribution in [1.82, 2.24) is 10.2 Å². The van der Waals surface area contributed by atoms with Gasteiger partial charge in [-0.15, -0.1) is 0 Å². The number of halogens is 1. The maximum atomic E-state index is 12.3. The molecule has 0 saturated carbocycles. The average Bonchev–Trinajstić information content (AvgIpc) is 2.67. The molecule has 1 N–H and O–H groups in total. The quantitative estimate of drug-likeness (QED) is 0.611. The van der Waals surface area contributed by atoms with Crippen LogP contribution < -0.4 is 5.32 Å². The van der Waals surface area contributed by atoms with Crippen molar-refractivity contribution in [3.63, 3.8) is 0 Å². The van der Waals surface area contributed by atoms with Gasteiger partial charge in [-0.1, -0.05) is 64.0 Å². The number of nitrogens with zero attached hydrogens (tertiary/aromatic N) is 1. The minimum absolute atomic E-state index is 0.0517. The first-order chi connectivity index (χ1) is 13.8. The highest BCUT2D eigenvalue weighted by atomic mass is 79.9. The lowest BCUT2D eigenvalue weighted by Gasteiger charge is -2.20. The number of ether oxygens (including phenoxy) is 1. The van der Waals surface area contributed by atoms with Gasteiger partial charge in [0.05, 0.1) is 12.5 Å². The fraction of sp³-hybridized carbons (Fsp3) is 0.318. The first-order valence-electron chi connectivity index (χ1n) is 9.23. The van der Waals surface area contributed by atoms with Crippen molar-refractivity contribution in [3.8, 4) is 0 Å². The van der Waals surface area contributed by atoms with Crippen molar-refractivity contribution in [2.75, 3.05) is 13.7 Å². The summed E-state index contributed by atoms with van der Waals surface area (Å²) in [5.74, 6) is -1.10. The number of aryl methyl sites for hydroxylation is 1. The molecule has 7 heteroatoms. The van der Waals surface area contributed by atoms with Crippen LogP contribution in [0.25, 0.3) is 0 Å². The van der Waals surface area contributed by atoms with Crippen molar-refractivity contribution in [2.45, 2.75) is 32.9 Å². The zero-order valence-electron chi connectivity index (χ0n) is 16.8. The number of hydrogen-bond acceptors (Lipinski definition) is 4. The SMILES string of the molecule is CC(=O)NC(CC(=O)OCC(=O)N(C)Cc1ccccc1Br)c1ccc(C)cc1. The normalized spacial score (nSPS) is 11.4.